The van der Waals surface area contributed by atoms with Gasteiger partial charge in [0.25, 0.3) is 0 Å². The zero-order valence-corrected chi connectivity index (χ0v) is 50.1. The van der Waals surface area contributed by atoms with Gasteiger partial charge >= 0.3 is 0 Å². The predicted octanol–water partition coefficient (Wildman–Crippen LogP) is 22.3. The number of hydrogen-bond donors (Lipinski definition) is 0. The average molecular weight is 1020 g/mol. The van der Waals surface area contributed by atoms with Crippen molar-refractivity contribution in [2.75, 3.05) is 4.90 Å². The Morgan fingerprint density at radius 1 is 0.282 bits per heavy atom. The van der Waals surface area contributed by atoms with E-state index in [4.69, 9.17) is 0 Å². The smallest absolute Gasteiger partial charge is 0.0541 e. The van der Waals surface area contributed by atoms with E-state index >= 15 is 0 Å². The summed E-state index contributed by atoms with van der Waals surface area (Å²) in [6.45, 7) is 41.8. The van der Waals surface area contributed by atoms with Crippen LogP contribution in [0.2, 0.25) is 0 Å². The molecule has 396 valence electrons. The fourth-order valence-corrected chi connectivity index (χ4v) is 11.9. The lowest BCUT2D eigenvalue weighted by atomic mass is 9.77. The Morgan fingerprint density at radius 3 is 1.19 bits per heavy atom. The lowest BCUT2D eigenvalue weighted by Crippen LogP contribution is -2.16. The number of aromatic nitrogens is 1. The lowest BCUT2D eigenvalue weighted by molar-refractivity contribution is 0.569. The maximum absolute atomic E-state index is 2.54. The van der Waals surface area contributed by atoms with Gasteiger partial charge in [-0.3, -0.25) is 0 Å². The Kier molecular flexibility index (Phi) is 12.3. The Morgan fingerprint density at radius 2 is 0.692 bits per heavy atom. The Bertz CT molecular complexity index is 3990. The second-order valence-electron chi connectivity index (χ2n) is 28.9. The first-order valence-corrected chi connectivity index (χ1v) is 28.6. The second kappa shape index (κ2) is 18.2. The van der Waals surface area contributed by atoms with Gasteiger partial charge in [0.1, 0.15) is 0 Å². The van der Waals surface area contributed by atoms with Crippen LogP contribution in [0.3, 0.4) is 0 Å². The fourth-order valence-electron chi connectivity index (χ4n) is 11.9. The molecule has 0 aliphatic carbocycles. The van der Waals surface area contributed by atoms with Crippen molar-refractivity contribution in [3.05, 3.63) is 203 Å². The molecular weight excluding hydrogens is 941 g/mol. The third-order valence-electron chi connectivity index (χ3n) is 16.9. The molecule has 0 aliphatic rings. The van der Waals surface area contributed by atoms with E-state index in [9.17, 15) is 0 Å². The number of hydrogen-bond acceptors (Lipinski definition) is 1. The summed E-state index contributed by atoms with van der Waals surface area (Å²) in [5, 5.41) is 10.2. The van der Waals surface area contributed by atoms with Gasteiger partial charge in [0, 0.05) is 32.9 Å². The average Bonchev–Trinajstić information content (AvgIpc) is 3.70. The van der Waals surface area contributed by atoms with E-state index in [1.165, 1.54) is 115 Å². The molecule has 0 N–H and O–H groups in total. The normalized spacial score (nSPS) is 13.3. The summed E-state index contributed by atoms with van der Waals surface area (Å²) in [4.78, 5) is 2.49. The first kappa shape index (κ1) is 52.9. The van der Waals surface area contributed by atoms with Gasteiger partial charge in [-0.15, -0.1) is 0 Å². The molecule has 0 bridgehead atoms. The molecule has 2 nitrogen and oxygen atoms in total. The molecule has 11 aromatic rings. The third kappa shape index (κ3) is 9.37. The number of benzene rings is 10. The van der Waals surface area contributed by atoms with Crippen LogP contribution in [0.15, 0.2) is 170 Å². The maximum Gasteiger partial charge on any atom is 0.0541 e. The van der Waals surface area contributed by atoms with Gasteiger partial charge in [0.2, 0.25) is 0 Å². The SMILES string of the molecule is CC(C)(C)c1ccc(N(c2ccc(-c3cc(C(C)(C)C)ccc3-c3cc(C(C)(C)C)cc(C(C)(C)C)c3)cc2)c2ccc3ccc4c(-n5c6ccc(C(C)(C)C)cc6c6cc(C(C)(C)C)ccc65)ccc5ccc2c3c54)cc1. The van der Waals surface area contributed by atoms with Crippen LogP contribution in [0.25, 0.3) is 82.1 Å². The van der Waals surface area contributed by atoms with Crippen LogP contribution in [0, 0.1) is 0 Å². The van der Waals surface area contributed by atoms with E-state index in [1.807, 2.05) is 0 Å². The molecule has 0 amide bonds. The van der Waals surface area contributed by atoms with Crippen molar-refractivity contribution in [1.82, 2.24) is 4.57 Å². The van der Waals surface area contributed by atoms with Crippen molar-refractivity contribution in [2.24, 2.45) is 0 Å². The third-order valence-corrected chi connectivity index (χ3v) is 16.9. The molecule has 0 fully saturated rings. The van der Waals surface area contributed by atoms with Crippen LogP contribution in [-0.2, 0) is 32.5 Å². The van der Waals surface area contributed by atoms with Crippen LogP contribution >= 0.6 is 0 Å². The van der Waals surface area contributed by atoms with Gasteiger partial charge in [0.15, 0.2) is 0 Å². The van der Waals surface area contributed by atoms with Gasteiger partial charge in [0.05, 0.1) is 22.4 Å². The monoisotopic (exact) mass is 1020 g/mol. The minimum absolute atomic E-state index is 0.00496. The summed E-state index contributed by atoms with van der Waals surface area (Å²) in [5.41, 5.74) is 20.2. The molecule has 0 radical (unpaired) electrons. The van der Waals surface area contributed by atoms with E-state index in [-0.39, 0.29) is 32.5 Å². The Hall–Kier alpha value is -7.16. The maximum atomic E-state index is 2.54. The minimum Gasteiger partial charge on any atom is -0.310 e. The van der Waals surface area contributed by atoms with Crippen molar-refractivity contribution in [1.29, 1.82) is 0 Å². The van der Waals surface area contributed by atoms with Crippen molar-refractivity contribution >= 4 is 71.2 Å². The summed E-state index contributed by atoms with van der Waals surface area (Å²) < 4.78 is 2.54. The highest BCUT2D eigenvalue weighted by atomic mass is 15.1. The number of rotatable bonds is 6. The largest absolute Gasteiger partial charge is 0.310 e. The molecular formula is C76H82N2. The molecule has 0 spiro atoms. The Labute approximate surface area is 466 Å². The topological polar surface area (TPSA) is 8.17 Å². The molecule has 78 heavy (non-hydrogen) atoms. The summed E-state index contributed by atoms with van der Waals surface area (Å²) in [7, 11) is 0. The van der Waals surface area contributed by atoms with Crippen LogP contribution in [0.5, 0.6) is 0 Å². The molecule has 0 saturated carbocycles. The number of fused-ring (bicyclic) bond motifs is 3. The van der Waals surface area contributed by atoms with E-state index < -0.39 is 0 Å². The molecule has 0 saturated heterocycles. The van der Waals surface area contributed by atoms with E-state index in [0.29, 0.717) is 0 Å². The molecule has 0 aliphatic heterocycles. The van der Waals surface area contributed by atoms with Crippen LogP contribution in [0.4, 0.5) is 17.1 Å². The van der Waals surface area contributed by atoms with Gasteiger partial charge in [-0.2, -0.15) is 0 Å². The summed E-state index contributed by atoms with van der Waals surface area (Å²) in [6, 6.07) is 66.4. The molecule has 0 unspecified atom stereocenters. The predicted molar refractivity (Wildman–Crippen MR) is 342 cm³/mol. The molecule has 1 heterocycles. The van der Waals surface area contributed by atoms with Crippen LogP contribution < -0.4 is 4.90 Å². The van der Waals surface area contributed by atoms with Crippen LogP contribution in [0.1, 0.15) is 158 Å². The zero-order chi connectivity index (χ0) is 55.8. The molecule has 1 aromatic heterocycles. The fraction of sp³-hybridized carbons (Fsp3) is 0.316. The van der Waals surface area contributed by atoms with Gasteiger partial charge < -0.3 is 9.47 Å². The van der Waals surface area contributed by atoms with Gasteiger partial charge in [-0.1, -0.05) is 234 Å². The van der Waals surface area contributed by atoms with Crippen molar-refractivity contribution in [2.45, 2.75) is 157 Å². The van der Waals surface area contributed by atoms with Crippen molar-refractivity contribution < 1.29 is 0 Å². The Balaban J connectivity index is 1.11. The summed E-state index contributed by atoms with van der Waals surface area (Å²) >= 11 is 0. The standard InChI is InChI=1S/C76H82N2/c1-71(2,3)51-25-32-58(33-26-51)77(57-30-19-47(20-31-57)62-44-52(72(4,5)6)27-36-59(62)50-41-55(75(13,14)15)43-56(42-50)76(16,17)18)65-37-23-48-22-35-61-66(38-24-49-21-34-60(65)69(48)70(49)61)78-67-39-28-53(73(7,8)9)45-63(67)64-46-54(74(10,11)12)29-40-68(64)78/h19-46H,1-18H3. The number of nitrogens with zero attached hydrogens (tertiary/aromatic N) is 2. The van der Waals surface area contributed by atoms with E-state index in [2.05, 4.69) is 304 Å². The first-order valence-electron chi connectivity index (χ1n) is 28.6. The van der Waals surface area contributed by atoms with Gasteiger partial charge in [-0.05, 0) is 170 Å². The highest BCUT2D eigenvalue weighted by Gasteiger charge is 2.27. The number of anilines is 3. The highest BCUT2D eigenvalue weighted by molar-refractivity contribution is 6.27. The molecule has 10 aromatic carbocycles. The zero-order valence-electron chi connectivity index (χ0n) is 50.1. The minimum atomic E-state index is -0.0153. The lowest BCUT2D eigenvalue weighted by Gasteiger charge is -2.29. The van der Waals surface area contributed by atoms with Crippen LogP contribution in [-0.4, -0.2) is 4.57 Å². The van der Waals surface area contributed by atoms with Crippen molar-refractivity contribution in [3.63, 3.8) is 0 Å². The summed E-state index contributed by atoms with van der Waals surface area (Å²) in [5.74, 6) is 0. The molecule has 2 heteroatoms. The van der Waals surface area contributed by atoms with Crippen molar-refractivity contribution in [3.8, 4) is 27.9 Å². The highest BCUT2D eigenvalue weighted by Crippen LogP contribution is 2.48. The molecule has 11 rings (SSSR count). The van der Waals surface area contributed by atoms with Gasteiger partial charge in [-0.25, -0.2) is 0 Å². The molecule has 0 atom stereocenters. The van der Waals surface area contributed by atoms with E-state index in [0.717, 1.165) is 17.1 Å². The first-order chi connectivity index (χ1) is 36.4. The van der Waals surface area contributed by atoms with E-state index in [1.54, 1.807) is 0 Å². The second-order valence-corrected chi connectivity index (χ2v) is 28.9. The summed E-state index contributed by atoms with van der Waals surface area (Å²) in [6.07, 6.45) is 0. The quantitative estimate of drug-likeness (QED) is 0.151.